The van der Waals surface area contributed by atoms with Gasteiger partial charge in [0.15, 0.2) is 0 Å². The van der Waals surface area contributed by atoms with Gasteiger partial charge in [-0.3, -0.25) is 0 Å². The lowest BCUT2D eigenvalue weighted by molar-refractivity contribution is -0.00961. The van der Waals surface area contributed by atoms with Crippen molar-refractivity contribution in [3.63, 3.8) is 0 Å². The summed E-state index contributed by atoms with van der Waals surface area (Å²) in [6, 6.07) is 0.716. The maximum absolute atomic E-state index is 5.65. The average Bonchev–Trinajstić information content (AvgIpc) is 2.34. The Labute approximate surface area is 113 Å². The van der Waals surface area contributed by atoms with Gasteiger partial charge in [0, 0.05) is 26.3 Å². The van der Waals surface area contributed by atoms with Gasteiger partial charge in [-0.05, 0) is 39.0 Å². The Kier molecular flexibility index (Phi) is 7.20. The predicted molar refractivity (Wildman–Crippen MR) is 75.9 cm³/mol. The number of ether oxygens (including phenoxy) is 2. The molecule has 1 aliphatic carbocycles. The molecule has 0 bridgehead atoms. The summed E-state index contributed by atoms with van der Waals surface area (Å²) in [5.74, 6) is 0.889. The highest BCUT2D eigenvalue weighted by Gasteiger charge is 2.18. The fourth-order valence-corrected chi connectivity index (χ4v) is 2.48. The standard InChI is InChI=1S/C15H31NO2/c1-13-6-5-7-14(12-13)16-9-11-18-10-8-15(2,3)17-4/h13-14,16H,5-12H2,1-4H3. The van der Waals surface area contributed by atoms with Crippen LogP contribution in [0.3, 0.4) is 0 Å². The molecule has 3 nitrogen and oxygen atoms in total. The summed E-state index contributed by atoms with van der Waals surface area (Å²) in [6.45, 7) is 9.12. The van der Waals surface area contributed by atoms with Gasteiger partial charge >= 0.3 is 0 Å². The van der Waals surface area contributed by atoms with E-state index in [0.717, 1.165) is 32.1 Å². The molecule has 108 valence electrons. The highest BCUT2D eigenvalue weighted by Crippen LogP contribution is 2.23. The molecule has 0 aliphatic heterocycles. The highest BCUT2D eigenvalue weighted by atomic mass is 16.5. The van der Waals surface area contributed by atoms with Crippen LogP contribution in [0.4, 0.5) is 0 Å². The van der Waals surface area contributed by atoms with Crippen LogP contribution >= 0.6 is 0 Å². The molecule has 1 saturated carbocycles. The third kappa shape index (κ3) is 6.72. The first-order valence-electron chi connectivity index (χ1n) is 7.40. The molecule has 1 rings (SSSR count). The van der Waals surface area contributed by atoms with Crippen LogP contribution in [0.25, 0.3) is 0 Å². The maximum atomic E-state index is 5.65. The number of hydrogen-bond donors (Lipinski definition) is 1. The Morgan fingerprint density at radius 2 is 2.00 bits per heavy atom. The largest absolute Gasteiger partial charge is 0.380 e. The smallest absolute Gasteiger partial charge is 0.0644 e. The third-order valence-corrected chi connectivity index (χ3v) is 4.02. The van der Waals surface area contributed by atoms with Crippen molar-refractivity contribution in [1.29, 1.82) is 0 Å². The van der Waals surface area contributed by atoms with Gasteiger partial charge in [0.1, 0.15) is 0 Å². The quantitative estimate of drug-likeness (QED) is 0.678. The van der Waals surface area contributed by atoms with E-state index in [-0.39, 0.29) is 5.60 Å². The van der Waals surface area contributed by atoms with E-state index >= 15 is 0 Å². The van der Waals surface area contributed by atoms with Gasteiger partial charge in [0.05, 0.1) is 12.2 Å². The van der Waals surface area contributed by atoms with Crippen LogP contribution in [0.5, 0.6) is 0 Å². The zero-order valence-electron chi connectivity index (χ0n) is 12.6. The zero-order chi connectivity index (χ0) is 13.4. The van der Waals surface area contributed by atoms with Crippen molar-refractivity contribution in [2.45, 2.75) is 64.5 Å². The summed E-state index contributed by atoms with van der Waals surface area (Å²) in [7, 11) is 1.76. The first kappa shape index (κ1) is 15.9. The molecular weight excluding hydrogens is 226 g/mol. The molecule has 1 fully saturated rings. The van der Waals surface area contributed by atoms with Crippen LogP contribution in [0.2, 0.25) is 0 Å². The molecule has 2 unspecified atom stereocenters. The second kappa shape index (κ2) is 8.13. The Balaban J connectivity index is 1.95. The SMILES string of the molecule is COC(C)(C)CCOCCNC1CCCC(C)C1. The molecule has 3 heteroatoms. The van der Waals surface area contributed by atoms with Gasteiger partial charge in [0.2, 0.25) is 0 Å². The molecule has 0 radical (unpaired) electrons. The molecule has 18 heavy (non-hydrogen) atoms. The van der Waals surface area contributed by atoms with Crippen molar-refractivity contribution < 1.29 is 9.47 Å². The first-order chi connectivity index (χ1) is 8.53. The van der Waals surface area contributed by atoms with Crippen molar-refractivity contribution in [3.05, 3.63) is 0 Å². The lowest BCUT2D eigenvalue weighted by Gasteiger charge is -2.27. The molecule has 0 aromatic heterocycles. The Bertz CT molecular complexity index is 219. The highest BCUT2D eigenvalue weighted by molar-refractivity contribution is 4.75. The van der Waals surface area contributed by atoms with Crippen LogP contribution < -0.4 is 5.32 Å². The van der Waals surface area contributed by atoms with Crippen LogP contribution in [-0.2, 0) is 9.47 Å². The minimum atomic E-state index is -0.0633. The second-order valence-corrected chi connectivity index (χ2v) is 6.25. The van der Waals surface area contributed by atoms with Crippen molar-refractivity contribution in [2.75, 3.05) is 26.9 Å². The summed E-state index contributed by atoms with van der Waals surface area (Å²) in [4.78, 5) is 0. The Hall–Kier alpha value is -0.120. The summed E-state index contributed by atoms with van der Waals surface area (Å²) in [5, 5.41) is 3.61. The summed E-state index contributed by atoms with van der Waals surface area (Å²) < 4.78 is 11.0. The van der Waals surface area contributed by atoms with Gasteiger partial charge < -0.3 is 14.8 Å². The average molecular weight is 257 g/mol. The zero-order valence-corrected chi connectivity index (χ0v) is 12.6. The van der Waals surface area contributed by atoms with E-state index in [1.165, 1.54) is 25.7 Å². The lowest BCUT2D eigenvalue weighted by Crippen LogP contribution is -2.35. The maximum Gasteiger partial charge on any atom is 0.0644 e. The fourth-order valence-electron chi connectivity index (χ4n) is 2.48. The molecule has 1 aliphatic rings. The first-order valence-corrected chi connectivity index (χ1v) is 7.40. The molecule has 0 aromatic rings. The van der Waals surface area contributed by atoms with Crippen molar-refractivity contribution >= 4 is 0 Å². The van der Waals surface area contributed by atoms with Crippen molar-refractivity contribution in [3.8, 4) is 0 Å². The van der Waals surface area contributed by atoms with E-state index < -0.39 is 0 Å². The monoisotopic (exact) mass is 257 g/mol. The molecule has 2 atom stereocenters. The summed E-state index contributed by atoms with van der Waals surface area (Å²) >= 11 is 0. The molecule has 1 N–H and O–H groups in total. The summed E-state index contributed by atoms with van der Waals surface area (Å²) in [5.41, 5.74) is -0.0633. The Morgan fingerprint density at radius 3 is 2.67 bits per heavy atom. The number of methoxy groups -OCH3 is 1. The topological polar surface area (TPSA) is 30.5 Å². The van der Waals surface area contributed by atoms with E-state index in [9.17, 15) is 0 Å². The van der Waals surface area contributed by atoms with E-state index in [4.69, 9.17) is 9.47 Å². The molecule has 0 saturated heterocycles. The van der Waals surface area contributed by atoms with Gasteiger partial charge in [-0.2, -0.15) is 0 Å². The van der Waals surface area contributed by atoms with Gasteiger partial charge in [-0.25, -0.2) is 0 Å². The van der Waals surface area contributed by atoms with Crippen molar-refractivity contribution in [1.82, 2.24) is 5.32 Å². The minimum Gasteiger partial charge on any atom is -0.380 e. The number of rotatable bonds is 8. The molecule has 0 heterocycles. The molecule has 0 amide bonds. The fraction of sp³-hybridized carbons (Fsp3) is 1.00. The van der Waals surface area contributed by atoms with E-state index in [1.807, 2.05) is 0 Å². The number of nitrogens with one attached hydrogen (secondary N) is 1. The number of hydrogen-bond acceptors (Lipinski definition) is 3. The van der Waals surface area contributed by atoms with Gasteiger partial charge in [-0.1, -0.05) is 19.8 Å². The summed E-state index contributed by atoms with van der Waals surface area (Å²) in [6.07, 6.45) is 6.39. The van der Waals surface area contributed by atoms with Gasteiger partial charge in [-0.15, -0.1) is 0 Å². The second-order valence-electron chi connectivity index (χ2n) is 6.25. The van der Waals surface area contributed by atoms with E-state index in [2.05, 4.69) is 26.1 Å². The molecular formula is C15H31NO2. The van der Waals surface area contributed by atoms with Crippen LogP contribution in [0, 0.1) is 5.92 Å². The normalized spacial score (nSPS) is 25.3. The lowest BCUT2D eigenvalue weighted by atomic mass is 9.87. The van der Waals surface area contributed by atoms with E-state index in [0.29, 0.717) is 6.04 Å². The molecule has 0 aromatic carbocycles. The Morgan fingerprint density at radius 1 is 1.22 bits per heavy atom. The van der Waals surface area contributed by atoms with Crippen LogP contribution in [-0.4, -0.2) is 38.5 Å². The minimum absolute atomic E-state index is 0.0633. The van der Waals surface area contributed by atoms with E-state index in [1.54, 1.807) is 7.11 Å². The van der Waals surface area contributed by atoms with Crippen LogP contribution in [0.15, 0.2) is 0 Å². The van der Waals surface area contributed by atoms with Crippen LogP contribution in [0.1, 0.15) is 52.9 Å². The predicted octanol–water partition coefficient (Wildman–Crippen LogP) is 2.99. The third-order valence-electron chi connectivity index (χ3n) is 4.02. The van der Waals surface area contributed by atoms with Gasteiger partial charge in [0.25, 0.3) is 0 Å². The molecule has 0 spiro atoms. The van der Waals surface area contributed by atoms with Crippen molar-refractivity contribution in [2.24, 2.45) is 5.92 Å².